The maximum atomic E-state index is 5.40. The van der Waals surface area contributed by atoms with Gasteiger partial charge in [-0.15, -0.1) is 10.2 Å². The second-order valence-electron chi connectivity index (χ2n) is 5.11. The molecule has 2 heterocycles. The van der Waals surface area contributed by atoms with Crippen molar-refractivity contribution in [1.82, 2.24) is 14.8 Å². The second-order valence-corrected chi connectivity index (χ2v) is 6.05. The molecule has 0 N–H and O–H groups in total. The maximum absolute atomic E-state index is 5.40. The zero-order valence-corrected chi connectivity index (χ0v) is 12.0. The number of nitrogens with zero attached hydrogens (tertiary/aromatic N) is 3. The van der Waals surface area contributed by atoms with Crippen molar-refractivity contribution in [3.05, 3.63) is 29.6 Å². The van der Waals surface area contributed by atoms with Crippen molar-refractivity contribution in [3.8, 4) is 11.5 Å². The first-order valence-corrected chi connectivity index (χ1v) is 7.72. The van der Waals surface area contributed by atoms with Crippen LogP contribution >= 0.6 is 11.8 Å². The molecule has 0 radical (unpaired) electrons. The molecule has 6 heteroatoms. The number of hydrogen-bond acceptors (Lipinski definition) is 5. The fourth-order valence-electron chi connectivity index (χ4n) is 2.38. The molecule has 4 rings (SSSR count). The van der Waals surface area contributed by atoms with Gasteiger partial charge >= 0.3 is 0 Å². The fourth-order valence-corrected chi connectivity index (χ4v) is 3.37. The second kappa shape index (κ2) is 4.70. The minimum atomic E-state index is 0.321. The van der Waals surface area contributed by atoms with E-state index in [4.69, 9.17) is 9.47 Å². The normalized spacial score (nSPS) is 16.6. The number of aromatic nitrogens is 3. The third kappa shape index (κ3) is 2.14. The third-order valence-electron chi connectivity index (χ3n) is 3.55. The summed E-state index contributed by atoms with van der Waals surface area (Å²) in [5.74, 6) is 3.54. The van der Waals surface area contributed by atoms with Crippen molar-refractivity contribution in [3.63, 3.8) is 0 Å². The third-order valence-corrected chi connectivity index (χ3v) is 4.57. The molecule has 0 saturated heterocycles. The topological polar surface area (TPSA) is 49.2 Å². The zero-order valence-electron chi connectivity index (χ0n) is 11.2. The molecular formula is C14H15N3O2S. The molecular weight excluding hydrogens is 274 g/mol. The summed E-state index contributed by atoms with van der Waals surface area (Å²) in [5, 5.41) is 9.50. The summed E-state index contributed by atoms with van der Waals surface area (Å²) < 4.78 is 13.0. The fraction of sp³-hybridized carbons (Fsp3) is 0.429. The number of rotatable bonds is 4. The summed E-state index contributed by atoms with van der Waals surface area (Å²) in [7, 11) is 0. The minimum Gasteiger partial charge on any atom is -0.454 e. The predicted octanol–water partition coefficient (Wildman–Crippen LogP) is 2.94. The van der Waals surface area contributed by atoms with Crippen LogP contribution in [-0.2, 0) is 5.75 Å². The summed E-state index contributed by atoms with van der Waals surface area (Å²) in [6, 6.07) is 6.70. The van der Waals surface area contributed by atoms with Crippen LogP contribution in [0.4, 0.5) is 0 Å². The molecule has 5 nitrogen and oxygen atoms in total. The average Bonchev–Trinajstić information content (AvgIpc) is 3.06. The molecule has 20 heavy (non-hydrogen) atoms. The molecule has 1 fully saturated rings. The van der Waals surface area contributed by atoms with E-state index in [1.54, 1.807) is 11.8 Å². The van der Waals surface area contributed by atoms with Gasteiger partial charge in [-0.05, 0) is 37.5 Å². The molecule has 104 valence electrons. The Morgan fingerprint density at radius 2 is 2.10 bits per heavy atom. The lowest BCUT2D eigenvalue weighted by Crippen LogP contribution is -1.99. The van der Waals surface area contributed by atoms with Gasteiger partial charge in [0.15, 0.2) is 16.7 Å². The van der Waals surface area contributed by atoms with Crippen molar-refractivity contribution in [2.75, 3.05) is 6.79 Å². The van der Waals surface area contributed by atoms with Gasteiger partial charge in [-0.25, -0.2) is 0 Å². The van der Waals surface area contributed by atoms with E-state index in [0.717, 1.165) is 28.2 Å². The lowest BCUT2D eigenvalue weighted by atomic mass is 10.2. The van der Waals surface area contributed by atoms with E-state index in [1.807, 2.05) is 19.1 Å². The first-order chi connectivity index (χ1) is 9.81. The van der Waals surface area contributed by atoms with Gasteiger partial charge in [0.25, 0.3) is 0 Å². The molecule has 0 unspecified atom stereocenters. The Morgan fingerprint density at radius 1 is 1.25 bits per heavy atom. The van der Waals surface area contributed by atoms with Gasteiger partial charge in [-0.3, -0.25) is 0 Å². The number of benzene rings is 1. The van der Waals surface area contributed by atoms with Gasteiger partial charge in [0, 0.05) is 11.8 Å². The van der Waals surface area contributed by atoms with E-state index in [2.05, 4.69) is 20.8 Å². The molecule has 1 aromatic heterocycles. The van der Waals surface area contributed by atoms with Crippen LogP contribution in [0.2, 0.25) is 0 Å². The number of aryl methyl sites for hydroxylation is 1. The van der Waals surface area contributed by atoms with Crippen LogP contribution in [0, 0.1) is 6.92 Å². The predicted molar refractivity (Wildman–Crippen MR) is 75.2 cm³/mol. The summed E-state index contributed by atoms with van der Waals surface area (Å²) >= 11 is 1.73. The minimum absolute atomic E-state index is 0.321. The quantitative estimate of drug-likeness (QED) is 0.810. The van der Waals surface area contributed by atoms with Gasteiger partial charge in [-0.2, -0.15) is 0 Å². The maximum Gasteiger partial charge on any atom is 0.231 e. The highest BCUT2D eigenvalue weighted by Crippen LogP contribution is 2.39. The van der Waals surface area contributed by atoms with Crippen LogP contribution < -0.4 is 9.47 Å². The molecule has 0 atom stereocenters. The molecule has 1 saturated carbocycles. The van der Waals surface area contributed by atoms with E-state index in [-0.39, 0.29) is 0 Å². The highest BCUT2D eigenvalue weighted by molar-refractivity contribution is 7.98. The van der Waals surface area contributed by atoms with Crippen LogP contribution in [0.25, 0.3) is 0 Å². The highest BCUT2D eigenvalue weighted by Gasteiger charge is 2.28. The van der Waals surface area contributed by atoms with Gasteiger partial charge in [0.2, 0.25) is 6.79 Å². The van der Waals surface area contributed by atoms with Crippen LogP contribution in [0.15, 0.2) is 23.4 Å². The molecule has 2 aromatic rings. The first kappa shape index (κ1) is 12.1. The molecule has 1 aliphatic heterocycles. The SMILES string of the molecule is Cc1nnc(SCc2ccc3c(c2)OCO3)n1C1CC1. The Balaban J connectivity index is 1.50. The Morgan fingerprint density at radius 3 is 2.95 bits per heavy atom. The van der Waals surface area contributed by atoms with E-state index in [0.29, 0.717) is 12.8 Å². The van der Waals surface area contributed by atoms with Gasteiger partial charge in [0.05, 0.1) is 0 Å². The van der Waals surface area contributed by atoms with Crippen molar-refractivity contribution in [2.24, 2.45) is 0 Å². The molecule has 0 bridgehead atoms. The largest absolute Gasteiger partial charge is 0.454 e. The van der Waals surface area contributed by atoms with Crippen LogP contribution in [0.3, 0.4) is 0 Å². The van der Waals surface area contributed by atoms with E-state index >= 15 is 0 Å². The smallest absolute Gasteiger partial charge is 0.231 e. The molecule has 2 aliphatic rings. The number of fused-ring (bicyclic) bond motifs is 1. The summed E-state index contributed by atoms with van der Waals surface area (Å²) in [6.45, 7) is 2.34. The highest BCUT2D eigenvalue weighted by atomic mass is 32.2. The Bertz CT molecular complexity index is 652. The van der Waals surface area contributed by atoms with Crippen molar-refractivity contribution < 1.29 is 9.47 Å². The van der Waals surface area contributed by atoms with Crippen LogP contribution in [0.5, 0.6) is 11.5 Å². The van der Waals surface area contributed by atoms with E-state index < -0.39 is 0 Å². The van der Waals surface area contributed by atoms with E-state index in [9.17, 15) is 0 Å². The number of hydrogen-bond donors (Lipinski definition) is 0. The van der Waals surface area contributed by atoms with Crippen molar-refractivity contribution in [1.29, 1.82) is 0 Å². The summed E-state index contributed by atoms with van der Waals surface area (Å²) in [4.78, 5) is 0. The molecule has 0 spiro atoms. The molecule has 1 aromatic carbocycles. The lowest BCUT2D eigenvalue weighted by Gasteiger charge is -2.06. The lowest BCUT2D eigenvalue weighted by molar-refractivity contribution is 0.174. The Hall–Kier alpha value is -1.69. The number of ether oxygens (including phenoxy) is 2. The van der Waals surface area contributed by atoms with Gasteiger partial charge in [0.1, 0.15) is 5.82 Å². The number of thioether (sulfide) groups is 1. The monoisotopic (exact) mass is 289 g/mol. The summed E-state index contributed by atoms with van der Waals surface area (Å²) in [5.41, 5.74) is 1.21. The first-order valence-electron chi connectivity index (χ1n) is 6.74. The molecule has 1 aliphatic carbocycles. The average molecular weight is 289 g/mol. The van der Waals surface area contributed by atoms with Gasteiger partial charge < -0.3 is 14.0 Å². The van der Waals surface area contributed by atoms with Crippen molar-refractivity contribution in [2.45, 2.75) is 36.7 Å². The zero-order chi connectivity index (χ0) is 13.5. The van der Waals surface area contributed by atoms with E-state index in [1.165, 1.54) is 18.4 Å². The molecule has 0 amide bonds. The Kier molecular flexibility index (Phi) is 2.84. The van der Waals surface area contributed by atoms with Gasteiger partial charge in [-0.1, -0.05) is 17.8 Å². The van der Waals surface area contributed by atoms with Crippen molar-refractivity contribution >= 4 is 11.8 Å². The van der Waals surface area contributed by atoms with Crippen LogP contribution in [-0.4, -0.2) is 21.6 Å². The standard InChI is InChI=1S/C14H15N3O2S/c1-9-15-16-14(17(9)11-3-4-11)20-7-10-2-5-12-13(6-10)19-8-18-12/h2,5-6,11H,3-4,7-8H2,1H3. The summed E-state index contributed by atoms with van der Waals surface area (Å²) in [6.07, 6.45) is 2.49. The van der Waals surface area contributed by atoms with Crippen LogP contribution in [0.1, 0.15) is 30.3 Å². The Labute approximate surface area is 121 Å².